The lowest BCUT2D eigenvalue weighted by atomic mass is 9.99. The Morgan fingerprint density at radius 3 is 2.27 bits per heavy atom. The highest BCUT2D eigenvalue weighted by atomic mass is 16.3. The summed E-state index contributed by atoms with van der Waals surface area (Å²) >= 11 is 0. The lowest BCUT2D eigenvalue weighted by molar-refractivity contribution is 0.125. The molecular weight excluding hydrogens is 140 g/mol. The van der Waals surface area contributed by atoms with Crippen molar-refractivity contribution in [2.45, 2.75) is 32.8 Å². The molecule has 1 N–H and O–H groups in total. The molecule has 0 aromatic carbocycles. The second-order valence-corrected chi connectivity index (χ2v) is 3.16. The van der Waals surface area contributed by atoms with Gasteiger partial charge >= 0.3 is 0 Å². The van der Waals surface area contributed by atoms with Crippen LogP contribution >= 0.6 is 0 Å². The van der Waals surface area contributed by atoms with Crippen LogP contribution in [0.4, 0.5) is 0 Å². The summed E-state index contributed by atoms with van der Waals surface area (Å²) in [4.78, 5) is 0. The number of aliphatic hydroxyl groups is 1. The minimum Gasteiger partial charge on any atom is -0.384 e. The van der Waals surface area contributed by atoms with Crippen LogP contribution in [0.15, 0.2) is 5.10 Å². The van der Waals surface area contributed by atoms with E-state index in [-0.39, 0.29) is 0 Å². The van der Waals surface area contributed by atoms with Crippen LogP contribution in [0, 0.1) is 0 Å². The number of hydrogen-bond donors (Lipinski definition) is 1. The molecule has 0 aromatic rings. The first-order chi connectivity index (χ1) is 4.90. The molecule has 11 heavy (non-hydrogen) atoms. The third-order valence-electron chi connectivity index (χ3n) is 1.82. The minimum atomic E-state index is -0.760. The molecule has 0 aliphatic rings. The van der Waals surface area contributed by atoms with Gasteiger partial charge in [-0.1, -0.05) is 6.92 Å². The van der Waals surface area contributed by atoms with E-state index in [1.54, 1.807) is 11.9 Å². The first-order valence-electron chi connectivity index (χ1n) is 3.85. The topological polar surface area (TPSA) is 35.8 Å². The van der Waals surface area contributed by atoms with Gasteiger partial charge < -0.3 is 10.1 Å². The summed E-state index contributed by atoms with van der Waals surface area (Å²) in [5.74, 6) is 0. The van der Waals surface area contributed by atoms with Gasteiger partial charge in [0.05, 0.1) is 5.71 Å². The van der Waals surface area contributed by atoms with Crippen LogP contribution < -0.4 is 0 Å². The molecular formula is C8H18N2O. The molecule has 0 heterocycles. The molecule has 0 radical (unpaired) electrons. The van der Waals surface area contributed by atoms with Crippen molar-refractivity contribution in [2.24, 2.45) is 5.10 Å². The third kappa shape index (κ3) is 3.37. The average molecular weight is 158 g/mol. The predicted octanol–water partition coefficient (Wildman–Crippen LogP) is 1.08. The number of nitrogens with zero attached hydrogens (tertiary/aromatic N) is 2. The van der Waals surface area contributed by atoms with E-state index in [2.05, 4.69) is 5.10 Å². The summed E-state index contributed by atoms with van der Waals surface area (Å²) in [5, 5.41) is 15.5. The maximum absolute atomic E-state index is 9.68. The largest absolute Gasteiger partial charge is 0.384 e. The van der Waals surface area contributed by atoms with Crippen molar-refractivity contribution in [3.05, 3.63) is 0 Å². The van der Waals surface area contributed by atoms with Crippen LogP contribution in [-0.4, -0.2) is 35.5 Å². The highest BCUT2D eigenvalue weighted by molar-refractivity contribution is 5.89. The third-order valence-corrected chi connectivity index (χ3v) is 1.82. The second kappa shape index (κ2) is 3.72. The molecule has 0 rings (SSSR count). The molecule has 0 spiro atoms. The summed E-state index contributed by atoms with van der Waals surface area (Å²) in [6.07, 6.45) is 0.691. The molecule has 0 saturated carbocycles. The smallest absolute Gasteiger partial charge is 0.101 e. The monoisotopic (exact) mass is 158 g/mol. The number of hydrogen-bond acceptors (Lipinski definition) is 3. The fourth-order valence-corrected chi connectivity index (χ4v) is 0.664. The predicted molar refractivity (Wildman–Crippen MR) is 47.7 cm³/mol. The molecule has 3 heteroatoms. The molecule has 0 saturated heterocycles. The zero-order valence-electron chi connectivity index (χ0n) is 8.05. The molecule has 0 bridgehead atoms. The van der Waals surface area contributed by atoms with Crippen LogP contribution in [0.25, 0.3) is 0 Å². The van der Waals surface area contributed by atoms with Gasteiger partial charge in [-0.15, -0.1) is 0 Å². The first kappa shape index (κ1) is 10.4. The molecule has 0 aliphatic heterocycles. The van der Waals surface area contributed by atoms with Gasteiger partial charge in [-0.2, -0.15) is 5.10 Å². The molecule has 1 unspecified atom stereocenters. The number of rotatable bonds is 3. The Labute approximate surface area is 68.7 Å². The SMILES string of the molecule is CCC(C)(O)C(C)=NN(C)C. The van der Waals surface area contributed by atoms with Crippen molar-refractivity contribution in [2.75, 3.05) is 14.1 Å². The molecule has 3 nitrogen and oxygen atoms in total. The average Bonchev–Trinajstić information content (AvgIpc) is 1.86. The van der Waals surface area contributed by atoms with E-state index in [9.17, 15) is 5.11 Å². The first-order valence-corrected chi connectivity index (χ1v) is 3.85. The molecule has 0 aromatic heterocycles. The molecule has 66 valence electrons. The molecule has 0 fully saturated rings. The molecule has 0 aliphatic carbocycles. The van der Waals surface area contributed by atoms with Gasteiger partial charge in [-0.25, -0.2) is 0 Å². The Kier molecular flexibility index (Phi) is 3.52. The lowest BCUT2D eigenvalue weighted by Gasteiger charge is -2.22. The summed E-state index contributed by atoms with van der Waals surface area (Å²) in [5.41, 5.74) is -0.00502. The Morgan fingerprint density at radius 2 is 2.00 bits per heavy atom. The van der Waals surface area contributed by atoms with E-state index in [0.29, 0.717) is 6.42 Å². The lowest BCUT2D eigenvalue weighted by Crippen LogP contribution is -2.33. The van der Waals surface area contributed by atoms with Crippen LogP contribution in [-0.2, 0) is 0 Å². The van der Waals surface area contributed by atoms with E-state index in [1.807, 2.05) is 27.9 Å². The Balaban J connectivity index is 4.33. The van der Waals surface area contributed by atoms with Crippen molar-refractivity contribution in [3.63, 3.8) is 0 Å². The fourth-order valence-electron chi connectivity index (χ4n) is 0.664. The van der Waals surface area contributed by atoms with Crippen molar-refractivity contribution < 1.29 is 5.11 Å². The zero-order chi connectivity index (χ0) is 9.07. The van der Waals surface area contributed by atoms with E-state index >= 15 is 0 Å². The summed E-state index contributed by atoms with van der Waals surface area (Å²) in [6, 6.07) is 0. The summed E-state index contributed by atoms with van der Waals surface area (Å²) in [6.45, 7) is 5.55. The van der Waals surface area contributed by atoms with Gasteiger partial charge in [-0.05, 0) is 20.3 Å². The van der Waals surface area contributed by atoms with E-state index in [0.717, 1.165) is 5.71 Å². The van der Waals surface area contributed by atoms with Gasteiger partial charge in [-0.3, -0.25) is 0 Å². The van der Waals surface area contributed by atoms with Gasteiger partial charge in [0.1, 0.15) is 5.60 Å². The van der Waals surface area contributed by atoms with Gasteiger partial charge in [0.15, 0.2) is 0 Å². The van der Waals surface area contributed by atoms with Gasteiger partial charge in [0.25, 0.3) is 0 Å². The van der Waals surface area contributed by atoms with Crippen LogP contribution in [0.3, 0.4) is 0 Å². The highest BCUT2D eigenvalue weighted by Gasteiger charge is 2.21. The van der Waals surface area contributed by atoms with Crippen molar-refractivity contribution in [1.29, 1.82) is 0 Å². The van der Waals surface area contributed by atoms with E-state index < -0.39 is 5.60 Å². The normalized spacial score (nSPS) is 17.8. The van der Waals surface area contributed by atoms with Crippen LogP contribution in [0.5, 0.6) is 0 Å². The van der Waals surface area contributed by atoms with Crippen LogP contribution in [0.1, 0.15) is 27.2 Å². The van der Waals surface area contributed by atoms with Crippen LogP contribution in [0.2, 0.25) is 0 Å². The standard InChI is InChI=1S/C8H18N2O/c1-6-8(3,11)7(2)9-10(4)5/h11H,6H2,1-5H3. The van der Waals surface area contributed by atoms with E-state index in [4.69, 9.17) is 0 Å². The number of hydrazone groups is 1. The second-order valence-electron chi connectivity index (χ2n) is 3.16. The highest BCUT2D eigenvalue weighted by Crippen LogP contribution is 2.10. The fraction of sp³-hybridized carbons (Fsp3) is 0.875. The molecule has 1 atom stereocenters. The van der Waals surface area contributed by atoms with E-state index in [1.165, 1.54) is 0 Å². The summed E-state index contributed by atoms with van der Waals surface area (Å²) in [7, 11) is 3.68. The maximum Gasteiger partial charge on any atom is 0.101 e. The van der Waals surface area contributed by atoms with Crippen molar-refractivity contribution >= 4 is 5.71 Å². The van der Waals surface area contributed by atoms with Gasteiger partial charge in [0.2, 0.25) is 0 Å². The van der Waals surface area contributed by atoms with Gasteiger partial charge in [0, 0.05) is 14.1 Å². The quantitative estimate of drug-likeness (QED) is 0.493. The summed E-state index contributed by atoms with van der Waals surface area (Å²) < 4.78 is 0. The molecule has 0 amide bonds. The Morgan fingerprint density at radius 1 is 1.55 bits per heavy atom. The Hall–Kier alpha value is -0.570. The minimum absolute atomic E-state index is 0.691. The Bertz CT molecular complexity index is 150. The van der Waals surface area contributed by atoms with Crippen molar-refractivity contribution in [1.82, 2.24) is 5.01 Å². The van der Waals surface area contributed by atoms with Crippen molar-refractivity contribution in [3.8, 4) is 0 Å². The maximum atomic E-state index is 9.68. The zero-order valence-corrected chi connectivity index (χ0v) is 8.05.